The Bertz CT molecular complexity index is 1530. The van der Waals surface area contributed by atoms with Crippen LogP contribution >= 0.6 is 0 Å². The lowest BCUT2D eigenvalue weighted by Gasteiger charge is -2.41. The molecule has 6 N–H and O–H groups in total. The Morgan fingerprint density at radius 1 is 0.487 bits per heavy atom. The monoisotopic (exact) mass is 1130 g/mol. The van der Waals surface area contributed by atoms with Crippen LogP contribution in [0.25, 0.3) is 0 Å². The van der Waals surface area contributed by atoms with Crippen LogP contribution in [0.1, 0.15) is 303 Å². The first kappa shape index (κ1) is 75.4. The smallest absolute Gasteiger partial charge is 0.306 e. The zero-order valence-electron chi connectivity index (χ0n) is 51.7. The number of aliphatic hydroxyl groups excluding tert-OH is 5. The fourth-order valence-electron chi connectivity index (χ4n) is 10.3. The zero-order valence-corrected chi connectivity index (χ0v) is 51.7. The summed E-state index contributed by atoms with van der Waals surface area (Å²) in [5.74, 6) is -1.21. The molecule has 1 aliphatic rings. The maximum atomic E-state index is 13.5. The molecule has 8 atom stereocenters. The van der Waals surface area contributed by atoms with Gasteiger partial charge in [-0.25, -0.2) is 0 Å². The van der Waals surface area contributed by atoms with Gasteiger partial charge in [0.1, 0.15) is 24.4 Å². The van der Waals surface area contributed by atoms with Crippen LogP contribution in [-0.4, -0.2) is 99.6 Å². The van der Waals surface area contributed by atoms with Crippen LogP contribution < -0.4 is 5.32 Å². The fraction of sp³-hybridized carbons (Fsp3) is 0.826. The number of esters is 1. The van der Waals surface area contributed by atoms with Gasteiger partial charge in [0.25, 0.3) is 0 Å². The van der Waals surface area contributed by atoms with Gasteiger partial charge in [0.15, 0.2) is 12.4 Å². The SMILES string of the molecule is CCCCC/C=C\C/C=C\C/C=C\CCCCCCCCCCCCCC(O)C(=O)NC(COC1OC(CO)C(O)C(O)C1OC(=O)CCCCC/C=C\CCCCCCCCC)C(O)/C=C/CCCCCCCCCCCCC. The quantitative estimate of drug-likeness (QED) is 0.0195. The van der Waals surface area contributed by atoms with E-state index < -0.39 is 67.4 Å². The lowest BCUT2D eigenvalue weighted by molar-refractivity contribution is -0.305. The lowest BCUT2D eigenvalue weighted by atomic mass is 9.99. The molecule has 0 bridgehead atoms. The number of unbranched alkanes of at least 4 members (excludes halogenated alkanes) is 35. The van der Waals surface area contributed by atoms with Gasteiger partial charge < -0.3 is 45.1 Å². The number of hydrogen-bond acceptors (Lipinski definition) is 10. The Balaban J connectivity index is 2.62. The van der Waals surface area contributed by atoms with E-state index in [4.69, 9.17) is 14.2 Å². The molecule has 1 aliphatic heterocycles. The summed E-state index contributed by atoms with van der Waals surface area (Å²) >= 11 is 0. The van der Waals surface area contributed by atoms with Crippen LogP contribution in [0, 0.1) is 0 Å². The molecule has 0 saturated carbocycles. The van der Waals surface area contributed by atoms with Crippen LogP contribution in [0.2, 0.25) is 0 Å². The van der Waals surface area contributed by atoms with E-state index in [1.54, 1.807) is 6.08 Å². The van der Waals surface area contributed by atoms with E-state index in [1.165, 1.54) is 173 Å². The van der Waals surface area contributed by atoms with Gasteiger partial charge in [-0.15, -0.1) is 0 Å². The number of ether oxygens (including phenoxy) is 3. The Kier molecular flexibility index (Phi) is 53.5. The molecule has 80 heavy (non-hydrogen) atoms. The van der Waals surface area contributed by atoms with E-state index in [1.807, 2.05) is 6.08 Å². The summed E-state index contributed by atoms with van der Waals surface area (Å²) in [6.45, 7) is 5.77. The van der Waals surface area contributed by atoms with Crippen molar-refractivity contribution in [3.05, 3.63) is 60.8 Å². The van der Waals surface area contributed by atoms with Crippen LogP contribution in [0.5, 0.6) is 0 Å². The first-order chi connectivity index (χ1) is 39.2. The summed E-state index contributed by atoms with van der Waals surface area (Å²) < 4.78 is 17.6. The number of hydrogen-bond donors (Lipinski definition) is 6. The standard InChI is InChI=1S/C69H125NO10/c1-4-7-10-13-16-19-22-25-27-28-29-30-31-32-33-34-35-36-38-41-44-47-50-53-56-62(73)68(77)70-60(61(72)55-52-49-46-43-40-37-24-21-18-15-12-9-6-3)59-78-69-67(66(76)65(75)63(58-71)79-69)80-64(74)57-54-51-48-45-42-39-26-23-20-17-14-11-8-5-2/h16,19,25,27,29-30,39,42,52,55,60-63,65-67,69,71-73,75-76H,4-15,17-18,20-24,26,28,31-38,40-41,43-51,53-54,56-59H2,1-3H3,(H,70,77)/b19-16-,27-25-,30-29-,42-39-,55-52+. The van der Waals surface area contributed by atoms with Crippen molar-refractivity contribution in [1.29, 1.82) is 0 Å². The first-order valence-electron chi connectivity index (χ1n) is 33.6. The molecule has 8 unspecified atom stereocenters. The largest absolute Gasteiger partial charge is 0.454 e. The molecule has 0 aromatic heterocycles. The third kappa shape index (κ3) is 44.0. The van der Waals surface area contributed by atoms with Gasteiger partial charge in [-0.1, -0.05) is 268 Å². The summed E-state index contributed by atoms with van der Waals surface area (Å²) in [5.41, 5.74) is 0. The van der Waals surface area contributed by atoms with Crippen molar-refractivity contribution in [3.63, 3.8) is 0 Å². The van der Waals surface area contributed by atoms with Crippen LogP contribution in [0.4, 0.5) is 0 Å². The van der Waals surface area contributed by atoms with E-state index in [2.05, 4.69) is 74.7 Å². The molecular formula is C69H125NO10. The Hall–Kier alpha value is -2.64. The van der Waals surface area contributed by atoms with Gasteiger partial charge in [0, 0.05) is 6.42 Å². The minimum absolute atomic E-state index is 0.103. The second kappa shape index (κ2) is 56.8. The Morgan fingerprint density at radius 2 is 0.863 bits per heavy atom. The molecule has 0 aromatic carbocycles. The minimum Gasteiger partial charge on any atom is -0.454 e. The van der Waals surface area contributed by atoms with Crippen molar-refractivity contribution in [1.82, 2.24) is 5.32 Å². The predicted molar refractivity (Wildman–Crippen MR) is 333 cm³/mol. The van der Waals surface area contributed by atoms with Crippen molar-refractivity contribution in [2.75, 3.05) is 13.2 Å². The summed E-state index contributed by atoms with van der Waals surface area (Å²) in [6, 6.07) is -1.03. The first-order valence-corrected chi connectivity index (χ1v) is 33.6. The van der Waals surface area contributed by atoms with E-state index in [9.17, 15) is 35.1 Å². The summed E-state index contributed by atoms with van der Waals surface area (Å²) in [6.07, 6.45) is 61.2. The molecule has 0 radical (unpaired) electrons. The molecule has 1 amide bonds. The van der Waals surface area contributed by atoms with E-state index in [0.29, 0.717) is 12.8 Å². The van der Waals surface area contributed by atoms with Crippen LogP contribution in [0.3, 0.4) is 0 Å². The molecular weight excluding hydrogens is 1000 g/mol. The number of amides is 1. The van der Waals surface area contributed by atoms with Crippen LogP contribution in [-0.2, 0) is 23.8 Å². The van der Waals surface area contributed by atoms with E-state index >= 15 is 0 Å². The molecule has 466 valence electrons. The highest BCUT2D eigenvalue weighted by Gasteiger charge is 2.47. The molecule has 0 spiro atoms. The van der Waals surface area contributed by atoms with Crippen molar-refractivity contribution in [2.24, 2.45) is 0 Å². The molecule has 1 fully saturated rings. The van der Waals surface area contributed by atoms with Crippen molar-refractivity contribution < 1.29 is 49.3 Å². The molecule has 11 heteroatoms. The lowest BCUT2D eigenvalue weighted by Crippen LogP contribution is -2.61. The van der Waals surface area contributed by atoms with Crippen molar-refractivity contribution >= 4 is 11.9 Å². The maximum absolute atomic E-state index is 13.5. The normalized spacial score (nSPS) is 19.1. The molecule has 1 saturated heterocycles. The summed E-state index contributed by atoms with van der Waals surface area (Å²) in [4.78, 5) is 26.6. The second-order valence-corrected chi connectivity index (χ2v) is 23.2. The molecule has 0 aliphatic carbocycles. The van der Waals surface area contributed by atoms with Crippen LogP contribution in [0.15, 0.2) is 60.8 Å². The zero-order chi connectivity index (χ0) is 58.2. The van der Waals surface area contributed by atoms with Gasteiger partial charge in [0.2, 0.25) is 5.91 Å². The predicted octanol–water partition coefficient (Wildman–Crippen LogP) is 16.6. The highest BCUT2D eigenvalue weighted by Crippen LogP contribution is 2.26. The van der Waals surface area contributed by atoms with Gasteiger partial charge >= 0.3 is 5.97 Å². The van der Waals surface area contributed by atoms with E-state index in [0.717, 1.165) is 83.5 Å². The van der Waals surface area contributed by atoms with Crippen molar-refractivity contribution in [2.45, 2.75) is 352 Å². The number of carbonyl (C=O) groups is 2. The number of carbonyl (C=O) groups excluding carboxylic acids is 2. The average Bonchev–Trinajstić information content (AvgIpc) is 3.51. The number of allylic oxidation sites excluding steroid dienone is 9. The topological polar surface area (TPSA) is 175 Å². The Morgan fingerprint density at radius 3 is 1.32 bits per heavy atom. The summed E-state index contributed by atoms with van der Waals surface area (Å²) in [5, 5.41) is 57.1. The van der Waals surface area contributed by atoms with Crippen molar-refractivity contribution in [3.8, 4) is 0 Å². The van der Waals surface area contributed by atoms with Gasteiger partial charge in [-0.2, -0.15) is 0 Å². The third-order valence-electron chi connectivity index (χ3n) is 15.6. The summed E-state index contributed by atoms with van der Waals surface area (Å²) in [7, 11) is 0. The number of rotatable bonds is 57. The molecule has 11 nitrogen and oxygen atoms in total. The maximum Gasteiger partial charge on any atom is 0.306 e. The number of aliphatic hydroxyl groups is 5. The number of nitrogens with one attached hydrogen (secondary N) is 1. The average molecular weight is 1130 g/mol. The minimum atomic E-state index is -1.62. The fourth-order valence-corrected chi connectivity index (χ4v) is 10.3. The second-order valence-electron chi connectivity index (χ2n) is 23.2. The van der Waals surface area contributed by atoms with Gasteiger partial charge in [0.05, 0.1) is 25.4 Å². The van der Waals surface area contributed by atoms with Gasteiger partial charge in [-0.3, -0.25) is 9.59 Å². The highest BCUT2D eigenvalue weighted by molar-refractivity contribution is 5.80. The molecule has 0 aromatic rings. The third-order valence-corrected chi connectivity index (χ3v) is 15.6. The molecule has 1 rings (SSSR count). The van der Waals surface area contributed by atoms with E-state index in [-0.39, 0.29) is 19.4 Å². The Labute approximate surface area is 490 Å². The molecule has 1 heterocycles. The van der Waals surface area contributed by atoms with Gasteiger partial charge in [-0.05, 0) is 89.9 Å². The highest BCUT2D eigenvalue weighted by atomic mass is 16.7.